The van der Waals surface area contributed by atoms with Crippen LogP contribution in [0, 0.1) is 0 Å². The van der Waals surface area contributed by atoms with Crippen LogP contribution in [0.25, 0.3) is 16.6 Å². The molecule has 0 atom stereocenters. The van der Waals surface area contributed by atoms with E-state index in [0.29, 0.717) is 11.1 Å². The Bertz CT molecular complexity index is 913. The molecule has 0 aliphatic carbocycles. The van der Waals surface area contributed by atoms with E-state index in [2.05, 4.69) is 0 Å². The summed E-state index contributed by atoms with van der Waals surface area (Å²) in [5.74, 6) is -1.06. The molecule has 3 rings (SSSR count). The van der Waals surface area contributed by atoms with E-state index < -0.39 is 11.5 Å². The zero-order valence-corrected chi connectivity index (χ0v) is 11.8. The van der Waals surface area contributed by atoms with Gasteiger partial charge in [0.2, 0.25) is 0 Å². The molecule has 110 valence electrons. The molecule has 0 fully saturated rings. The van der Waals surface area contributed by atoms with Gasteiger partial charge in [0.25, 0.3) is 5.56 Å². The van der Waals surface area contributed by atoms with Crippen molar-refractivity contribution in [1.29, 1.82) is 0 Å². The predicted octanol–water partition coefficient (Wildman–Crippen LogP) is 2.46. The van der Waals surface area contributed by atoms with E-state index in [1.54, 1.807) is 54.7 Å². The van der Waals surface area contributed by atoms with Gasteiger partial charge in [-0.1, -0.05) is 36.4 Å². The molecule has 2 heterocycles. The Hall–Kier alpha value is -3.08. The van der Waals surface area contributed by atoms with Crippen molar-refractivity contribution in [3.63, 3.8) is 0 Å². The number of ether oxygens (including phenoxy) is 1. The summed E-state index contributed by atoms with van der Waals surface area (Å²) >= 11 is 0. The molecule has 5 heteroatoms. The second-order valence-corrected chi connectivity index (χ2v) is 4.72. The van der Waals surface area contributed by atoms with Crippen LogP contribution in [0.3, 0.4) is 0 Å². The monoisotopic (exact) mass is 295 g/mol. The molecule has 22 heavy (non-hydrogen) atoms. The summed E-state index contributed by atoms with van der Waals surface area (Å²) in [6.07, 6.45) is 1.55. The van der Waals surface area contributed by atoms with E-state index in [1.807, 2.05) is 0 Å². The number of hydrogen-bond donors (Lipinski definition) is 1. The molecule has 0 aliphatic heterocycles. The number of methoxy groups -OCH3 is 1. The number of aromatic hydroxyl groups is 1. The van der Waals surface area contributed by atoms with Crippen LogP contribution in [0.1, 0.15) is 10.4 Å². The van der Waals surface area contributed by atoms with Crippen LogP contribution in [0.5, 0.6) is 5.75 Å². The molecule has 2 aromatic heterocycles. The van der Waals surface area contributed by atoms with Crippen molar-refractivity contribution < 1.29 is 14.6 Å². The molecule has 0 spiro atoms. The number of fused-ring (bicyclic) bond motifs is 1. The number of hydrogen-bond acceptors (Lipinski definition) is 4. The molecule has 0 unspecified atom stereocenters. The van der Waals surface area contributed by atoms with Gasteiger partial charge >= 0.3 is 5.97 Å². The summed E-state index contributed by atoms with van der Waals surface area (Å²) in [5.41, 5.74) is 0.489. The number of carbonyl (C=O) groups is 1. The third-order valence-corrected chi connectivity index (χ3v) is 3.47. The van der Waals surface area contributed by atoms with Gasteiger partial charge < -0.3 is 9.84 Å². The van der Waals surface area contributed by atoms with Crippen molar-refractivity contribution in [3.8, 4) is 16.9 Å². The second kappa shape index (κ2) is 5.37. The van der Waals surface area contributed by atoms with E-state index in [-0.39, 0.29) is 16.9 Å². The van der Waals surface area contributed by atoms with Crippen LogP contribution in [-0.2, 0) is 4.74 Å². The van der Waals surface area contributed by atoms with Crippen LogP contribution in [0.15, 0.2) is 59.5 Å². The Morgan fingerprint density at radius 2 is 1.77 bits per heavy atom. The second-order valence-electron chi connectivity index (χ2n) is 4.72. The number of esters is 1. The lowest BCUT2D eigenvalue weighted by atomic mass is 10.0. The summed E-state index contributed by atoms with van der Waals surface area (Å²) in [5, 5.41) is 10.5. The molecule has 0 saturated carbocycles. The lowest BCUT2D eigenvalue weighted by Gasteiger charge is -2.12. The van der Waals surface area contributed by atoms with Crippen molar-refractivity contribution in [3.05, 3.63) is 70.6 Å². The molecule has 5 nitrogen and oxygen atoms in total. The third-order valence-electron chi connectivity index (χ3n) is 3.47. The number of aromatic nitrogens is 1. The fourth-order valence-electron chi connectivity index (χ4n) is 2.46. The van der Waals surface area contributed by atoms with Crippen LogP contribution in [-0.4, -0.2) is 22.6 Å². The lowest BCUT2D eigenvalue weighted by Crippen LogP contribution is -2.19. The van der Waals surface area contributed by atoms with Gasteiger partial charge in [0.1, 0.15) is 11.3 Å². The van der Waals surface area contributed by atoms with E-state index >= 15 is 0 Å². The molecule has 0 bridgehead atoms. The molecule has 3 aromatic rings. The number of carbonyl (C=O) groups excluding carboxylic acids is 1. The number of rotatable bonds is 2. The first-order chi connectivity index (χ1) is 10.6. The quantitative estimate of drug-likeness (QED) is 0.737. The maximum Gasteiger partial charge on any atom is 0.343 e. The maximum absolute atomic E-state index is 12.7. The standard InChI is InChI=1S/C17H13NO4/c1-22-17(21)14-12-9-5-6-10-18(12)16(20)13(15(14)19)11-7-3-2-4-8-11/h2-10,19H,1H3. The first-order valence-electron chi connectivity index (χ1n) is 6.65. The van der Waals surface area contributed by atoms with Crippen molar-refractivity contribution in [2.24, 2.45) is 0 Å². The average molecular weight is 295 g/mol. The Kier molecular flexibility index (Phi) is 3.39. The molecule has 1 aromatic carbocycles. The Labute approximate surface area is 126 Å². The number of benzene rings is 1. The highest BCUT2D eigenvalue weighted by molar-refractivity contribution is 6.02. The van der Waals surface area contributed by atoms with Gasteiger partial charge in [-0.05, 0) is 17.7 Å². The molecule has 0 aliphatic rings. The predicted molar refractivity (Wildman–Crippen MR) is 82.1 cm³/mol. The third kappa shape index (κ3) is 2.03. The molecule has 0 amide bonds. The topological polar surface area (TPSA) is 68.0 Å². The van der Waals surface area contributed by atoms with Crippen molar-refractivity contribution in [2.75, 3.05) is 7.11 Å². The molecule has 1 N–H and O–H groups in total. The average Bonchev–Trinajstić information content (AvgIpc) is 2.56. The van der Waals surface area contributed by atoms with Gasteiger partial charge in [-0.25, -0.2) is 4.79 Å². The Balaban J connectivity index is 2.49. The van der Waals surface area contributed by atoms with Gasteiger partial charge in [-0.15, -0.1) is 0 Å². The van der Waals surface area contributed by atoms with Gasteiger partial charge in [0.05, 0.1) is 18.2 Å². The largest absolute Gasteiger partial charge is 0.506 e. The number of nitrogens with zero attached hydrogens (tertiary/aromatic N) is 1. The van der Waals surface area contributed by atoms with Gasteiger partial charge in [-0.3, -0.25) is 9.20 Å². The summed E-state index contributed by atoms with van der Waals surface area (Å²) in [4.78, 5) is 24.7. The highest BCUT2D eigenvalue weighted by atomic mass is 16.5. The van der Waals surface area contributed by atoms with Crippen LogP contribution in [0.2, 0.25) is 0 Å². The van der Waals surface area contributed by atoms with Crippen LogP contribution in [0.4, 0.5) is 0 Å². The Morgan fingerprint density at radius 1 is 1.09 bits per heavy atom. The van der Waals surface area contributed by atoms with Crippen molar-refractivity contribution in [2.45, 2.75) is 0 Å². The smallest absolute Gasteiger partial charge is 0.343 e. The molecular weight excluding hydrogens is 282 g/mol. The lowest BCUT2D eigenvalue weighted by molar-refractivity contribution is 0.0599. The van der Waals surface area contributed by atoms with Gasteiger partial charge in [0.15, 0.2) is 0 Å². The fourth-order valence-corrected chi connectivity index (χ4v) is 2.46. The van der Waals surface area contributed by atoms with E-state index in [4.69, 9.17) is 4.74 Å². The van der Waals surface area contributed by atoms with Gasteiger partial charge in [-0.2, -0.15) is 0 Å². The summed E-state index contributed by atoms with van der Waals surface area (Å²) in [6.45, 7) is 0. The Morgan fingerprint density at radius 3 is 2.45 bits per heavy atom. The van der Waals surface area contributed by atoms with E-state index in [0.717, 1.165) is 0 Å². The fraction of sp³-hybridized carbons (Fsp3) is 0.0588. The first-order valence-corrected chi connectivity index (χ1v) is 6.65. The normalized spacial score (nSPS) is 10.6. The minimum absolute atomic E-state index is 0.0263. The minimum atomic E-state index is -0.696. The zero-order chi connectivity index (χ0) is 15.7. The van der Waals surface area contributed by atoms with Crippen molar-refractivity contribution >= 4 is 11.5 Å². The van der Waals surface area contributed by atoms with Crippen LogP contribution >= 0.6 is 0 Å². The molecule has 0 saturated heterocycles. The molecular formula is C17H13NO4. The summed E-state index contributed by atoms with van der Waals surface area (Å²) < 4.78 is 6.07. The highest BCUT2D eigenvalue weighted by Crippen LogP contribution is 2.31. The van der Waals surface area contributed by atoms with E-state index in [9.17, 15) is 14.7 Å². The van der Waals surface area contributed by atoms with Gasteiger partial charge in [0, 0.05) is 6.20 Å². The first kappa shape index (κ1) is 13.9. The zero-order valence-electron chi connectivity index (χ0n) is 11.8. The summed E-state index contributed by atoms with van der Waals surface area (Å²) in [6, 6.07) is 13.7. The molecule has 0 radical (unpaired) electrons. The van der Waals surface area contributed by atoms with Crippen LogP contribution < -0.4 is 5.56 Å². The summed E-state index contributed by atoms with van der Waals surface area (Å²) in [7, 11) is 1.23. The van der Waals surface area contributed by atoms with E-state index in [1.165, 1.54) is 11.5 Å². The highest BCUT2D eigenvalue weighted by Gasteiger charge is 2.23. The number of pyridine rings is 2. The maximum atomic E-state index is 12.7. The minimum Gasteiger partial charge on any atom is -0.506 e. The SMILES string of the molecule is COC(=O)c1c(O)c(-c2ccccc2)c(=O)n2ccccc12. The van der Waals surface area contributed by atoms with Crippen molar-refractivity contribution in [1.82, 2.24) is 4.40 Å².